The highest BCUT2D eigenvalue weighted by Crippen LogP contribution is 2.17. The van der Waals surface area contributed by atoms with Crippen molar-refractivity contribution in [1.29, 1.82) is 0 Å². The highest BCUT2D eigenvalue weighted by Gasteiger charge is 2.20. The number of nitrogens with one attached hydrogen (secondary N) is 1. The second kappa shape index (κ2) is 8.97. The van der Waals surface area contributed by atoms with Crippen LogP contribution in [-0.2, 0) is 0 Å². The summed E-state index contributed by atoms with van der Waals surface area (Å²) in [6.07, 6.45) is 5.29. The standard InChI is InChI=1S/C16H35N/c1-8-9-15(11-10-12(2)3)17-16(13(4)5)14(6)7/h12-17H,8-11H2,1-7H3. The van der Waals surface area contributed by atoms with Crippen LogP contribution in [0.5, 0.6) is 0 Å². The fourth-order valence-electron chi connectivity index (χ4n) is 2.62. The van der Waals surface area contributed by atoms with E-state index in [-0.39, 0.29) is 0 Å². The Balaban J connectivity index is 4.28. The van der Waals surface area contributed by atoms with Crippen molar-refractivity contribution in [2.75, 3.05) is 0 Å². The van der Waals surface area contributed by atoms with Crippen LogP contribution in [0.2, 0.25) is 0 Å². The number of rotatable bonds is 9. The molecule has 1 N–H and O–H groups in total. The second-order valence-electron chi connectivity index (χ2n) is 6.64. The SMILES string of the molecule is CCCC(CCC(C)C)NC(C(C)C)C(C)C. The molecule has 0 bridgehead atoms. The largest absolute Gasteiger partial charge is 0.311 e. The maximum absolute atomic E-state index is 3.91. The molecule has 0 aromatic heterocycles. The van der Waals surface area contributed by atoms with Gasteiger partial charge in [0.15, 0.2) is 0 Å². The van der Waals surface area contributed by atoms with Crippen LogP contribution in [0.15, 0.2) is 0 Å². The lowest BCUT2D eigenvalue weighted by molar-refractivity contribution is 0.262. The molecular weight excluding hydrogens is 206 g/mol. The van der Waals surface area contributed by atoms with Gasteiger partial charge in [-0.15, -0.1) is 0 Å². The van der Waals surface area contributed by atoms with Gasteiger partial charge in [0.05, 0.1) is 0 Å². The average molecular weight is 241 g/mol. The maximum Gasteiger partial charge on any atom is 0.0116 e. The van der Waals surface area contributed by atoms with E-state index in [2.05, 4.69) is 53.8 Å². The maximum atomic E-state index is 3.91. The van der Waals surface area contributed by atoms with E-state index in [4.69, 9.17) is 0 Å². The van der Waals surface area contributed by atoms with Gasteiger partial charge in [-0.25, -0.2) is 0 Å². The van der Waals surface area contributed by atoms with Crippen molar-refractivity contribution in [1.82, 2.24) is 5.32 Å². The number of hydrogen-bond acceptors (Lipinski definition) is 1. The van der Waals surface area contributed by atoms with Gasteiger partial charge in [-0.3, -0.25) is 0 Å². The summed E-state index contributed by atoms with van der Waals surface area (Å²) in [5.74, 6) is 2.29. The molecular formula is C16H35N. The van der Waals surface area contributed by atoms with E-state index in [9.17, 15) is 0 Å². The van der Waals surface area contributed by atoms with Crippen LogP contribution >= 0.6 is 0 Å². The first-order valence-corrected chi connectivity index (χ1v) is 7.64. The zero-order chi connectivity index (χ0) is 13.4. The Bertz CT molecular complexity index is 164. The van der Waals surface area contributed by atoms with Crippen LogP contribution < -0.4 is 5.32 Å². The molecule has 0 aliphatic heterocycles. The van der Waals surface area contributed by atoms with Crippen LogP contribution in [0.3, 0.4) is 0 Å². The van der Waals surface area contributed by atoms with E-state index in [0.717, 1.165) is 23.8 Å². The molecule has 0 aromatic rings. The molecule has 0 spiro atoms. The third-order valence-corrected chi connectivity index (χ3v) is 3.59. The van der Waals surface area contributed by atoms with Gasteiger partial charge in [0.25, 0.3) is 0 Å². The van der Waals surface area contributed by atoms with Gasteiger partial charge in [-0.1, -0.05) is 54.9 Å². The minimum Gasteiger partial charge on any atom is -0.311 e. The van der Waals surface area contributed by atoms with Gasteiger partial charge in [0.2, 0.25) is 0 Å². The molecule has 0 fully saturated rings. The van der Waals surface area contributed by atoms with Crippen molar-refractivity contribution in [3.05, 3.63) is 0 Å². The summed E-state index contributed by atoms with van der Waals surface area (Å²) in [5.41, 5.74) is 0. The molecule has 0 aliphatic carbocycles. The Kier molecular flexibility index (Phi) is 8.94. The molecule has 0 aliphatic rings. The Labute approximate surface area is 110 Å². The Morgan fingerprint density at radius 2 is 1.29 bits per heavy atom. The lowest BCUT2D eigenvalue weighted by Gasteiger charge is -2.31. The van der Waals surface area contributed by atoms with Gasteiger partial charge < -0.3 is 5.32 Å². The normalized spacial score (nSPS) is 14.3. The van der Waals surface area contributed by atoms with Crippen molar-refractivity contribution in [3.8, 4) is 0 Å². The highest BCUT2D eigenvalue weighted by atomic mass is 15.0. The predicted molar refractivity (Wildman–Crippen MR) is 79.4 cm³/mol. The molecule has 0 rings (SSSR count). The van der Waals surface area contributed by atoms with Gasteiger partial charge in [0, 0.05) is 12.1 Å². The first kappa shape index (κ1) is 17.0. The van der Waals surface area contributed by atoms with Crippen molar-refractivity contribution >= 4 is 0 Å². The summed E-state index contributed by atoms with van der Waals surface area (Å²) in [7, 11) is 0. The fourth-order valence-corrected chi connectivity index (χ4v) is 2.62. The van der Waals surface area contributed by atoms with Crippen molar-refractivity contribution < 1.29 is 0 Å². The predicted octanol–water partition coefficient (Wildman–Crippen LogP) is 4.86. The molecule has 0 saturated heterocycles. The monoisotopic (exact) mass is 241 g/mol. The minimum absolute atomic E-state index is 0.665. The summed E-state index contributed by atoms with van der Waals surface area (Å²) in [6, 6.07) is 1.39. The van der Waals surface area contributed by atoms with Crippen LogP contribution in [0.4, 0.5) is 0 Å². The molecule has 1 atom stereocenters. The van der Waals surface area contributed by atoms with Crippen molar-refractivity contribution in [2.45, 2.75) is 86.2 Å². The fraction of sp³-hybridized carbons (Fsp3) is 1.00. The first-order valence-electron chi connectivity index (χ1n) is 7.64. The Morgan fingerprint density at radius 1 is 0.765 bits per heavy atom. The summed E-state index contributed by atoms with van der Waals surface area (Å²) in [5, 5.41) is 3.91. The second-order valence-corrected chi connectivity index (χ2v) is 6.64. The van der Waals surface area contributed by atoms with Crippen LogP contribution in [0.25, 0.3) is 0 Å². The molecule has 104 valence electrons. The summed E-state index contributed by atoms with van der Waals surface area (Å²) >= 11 is 0. The molecule has 1 nitrogen and oxygen atoms in total. The third kappa shape index (κ3) is 7.81. The Morgan fingerprint density at radius 3 is 1.65 bits per heavy atom. The molecule has 0 heterocycles. The molecule has 1 heteroatoms. The van der Waals surface area contributed by atoms with E-state index in [1.165, 1.54) is 25.7 Å². The average Bonchev–Trinajstić information content (AvgIpc) is 2.20. The van der Waals surface area contributed by atoms with E-state index in [1.54, 1.807) is 0 Å². The summed E-state index contributed by atoms with van der Waals surface area (Å²) in [6.45, 7) is 16.3. The summed E-state index contributed by atoms with van der Waals surface area (Å²) < 4.78 is 0. The zero-order valence-corrected chi connectivity index (χ0v) is 13.2. The van der Waals surface area contributed by atoms with Crippen molar-refractivity contribution in [3.63, 3.8) is 0 Å². The van der Waals surface area contributed by atoms with E-state index in [1.807, 2.05) is 0 Å². The van der Waals surface area contributed by atoms with Gasteiger partial charge in [-0.05, 0) is 37.0 Å². The quantitative estimate of drug-likeness (QED) is 0.608. The molecule has 0 amide bonds. The third-order valence-electron chi connectivity index (χ3n) is 3.59. The molecule has 0 saturated carbocycles. The van der Waals surface area contributed by atoms with Crippen LogP contribution in [0.1, 0.15) is 74.1 Å². The van der Waals surface area contributed by atoms with Crippen molar-refractivity contribution in [2.24, 2.45) is 17.8 Å². The van der Waals surface area contributed by atoms with Gasteiger partial charge in [-0.2, -0.15) is 0 Å². The lowest BCUT2D eigenvalue weighted by Crippen LogP contribution is -2.44. The number of hydrogen-bond donors (Lipinski definition) is 1. The first-order chi connectivity index (χ1) is 7.88. The van der Waals surface area contributed by atoms with E-state index in [0.29, 0.717) is 6.04 Å². The summed E-state index contributed by atoms with van der Waals surface area (Å²) in [4.78, 5) is 0. The molecule has 17 heavy (non-hydrogen) atoms. The van der Waals surface area contributed by atoms with Crippen LogP contribution in [-0.4, -0.2) is 12.1 Å². The minimum atomic E-state index is 0.665. The van der Waals surface area contributed by atoms with Gasteiger partial charge >= 0.3 is 0 Å². The molecule has 0 aromatic carbocycles. The van der Waals surface area contributed by atoms with E-state index < -0.39 is 0 Å². The topological polar surface area (TPSA) is 12.0 Å². The zero-order valence-electron chi connectivity index (χ0n) is 13.2. The van der Waals surface area contributed by atoms with Crippen LogP contribution in [0, 0.1) is 17.8 Å². The van der Waals surface area contributed by atoms with Gasteiger partial charge in [0.1, 0.15) is 0 Å². The highest BCUT2D eigenvalue weighted by molar-refractivity contribution is 4.79. The molecule has 1 unspecified atom stereocenters. The molecule has 0 radical (unpaired) electrons. The lowest BCUT2D eigenvalue weighted by atomic mass is 9.90. The Hall–Kier alpha value is -0.0400. The van der Waals surface area contributed by atoms with E-state index >= 15 is 0 Å². The smallest absolute Gasteiger partial charge is 0.0116 e.